The van der Waals surface area contributed by atoms with Crippen LogP contribution < -0.4 is 76.9 Å². The number of primary amides is 3. The first-order valence-electron chi connectivity index (χ1n) is 25.3. The van der Waals surface area contributed by atoms with E-state index in [1.807, 2.05) is 0 Å². The Morgan fingerprint density at radius 2 is 1.29 bits per heavy atom. The van der Waals surface area contributed by atoms with Crippen molar-refractivity contribution in [3.63, 3.8) is 0 Å². The standard InChI is InChI=1S/C49H70N16O13S2/c1-25(50)40(70)63-34-23-79-80-24-35(48(78)65-18-6-10-36(65)47(77)59-29(9-5-17-56-49(54)55)41(71)57-22-39(53)69)64-45(75)33(21-38(52)68)62-42(72)30(15-16-37(51)67)58-43(73)31(19-26-7-3-2-4-8-26)60-44(74)32(61-46(34)76)20-27-11-13-28(66)14-12-27/h2-4,7-8,11-14,25,29-36,66H,5-6,9-10,15-24,50H2,1H3,(H2,51,67)(H2,52,68)(H2,53,69)(H,57,71)(H,58,73)(H,59,77)(H,60,74)(H,61,76)(H,62,72)(H,63,70)(H,64,75)(H4,54,55,56)/t25-,29-,30-,31-,32-,33-,34-,35-,36-/m0/s1. The van der Waals surface area contributed by atoms with Crippen LogP contribution in [0.2, 0.25) is 0 Å². The van der Waals surface area contributed by atoms with Crippen LogP contribution in [0.15, 0.2) is 59.6 Å². The smallest absolute Gasteiger partial charge is 0.246 e. The van der Waals surface area contributed by atoms with Crippen molar-refractivity contribution in [2.75, 3.05) is 31.1 Å². The van der Waals surface area contributed by atoms with Gasteiger partial charge in [0.15, 0.2) is 5.96 Å². The Kier molecular flexibility index (Phi) is 25.8. The van der Waals surface area contributed by atoms with E-state index < -0.39 is 151 Å². The molecule has 2 fully saturated rings. The molecule has 12 amide bonds. The highest BCUT2D eigenvalue weighted by Crippen LogP contribution is 2.26. The van der Waals surface area contributed by atoms with Crippen LogP contribution >= 0.6 is 21.6 Å². The predicted octanol–water partition coefficient (Wildman–Crippen LogP) is -5.90. The zero-order chi connectivity index (χ0) is 59.1. The van der Waals surface area contributed by atoms with Crippen LogP contribution in [0.3, 0.4) is 0 Å². The fourth-order valence-corrected chi connectivity index (χ4v) is 10.5. The molecule has 436 valence electrons. The summed E-state index contributed by atoms with van der Waals surface area (Å²) in [5.74, 6) is -12.0. The van der Waals surface area contributed by atoms with Gasteiger partial charge >= 0.3 is 0 Å². The molecule has 80 heavy (non-hydrogen) atoms. The highest BCUT2D eigenvalue weighted by atomic mass is 33.1. The molecule has 2 saturated heterocycles. The quantitative estimate of drug-likeness (QED) is 0.0240. The number of rotatable bonds is 21. The second kappa shape index (κ2) is 32.0. The molecule has 0 aromatic heterocycles. The van der Waals surface area contributed by atoms with Gasteiger partial charge in [-0.25, -0.2) is 0 Å². The normalized spacial score (nSPS) is 22.2. The number of guanidine groups is 1. The minimum Gasteiger partial charge on any atom is -0.508 e. The molecule has 2 aliphatic heterocycles. The Bertz CT molecular complexity index is 2590. The van der Waals surface area contributed by atoms with Gasteiger partial charge < -0.3 is 86.9 Å². The number of aliphatic imine (C=N–C) groups is 1. The second-order valence-corrected chi connectivity index (χ2v) is 21.4. The minimum absolute atomic E-state index is 0.0232. The van der Waals surface area contributed by atoms with Crippen molar-refractivity contribution in [1.29, 1.82) is 0 Å². The van der Waals surface area contributed by atoms with Crippen molar-refractivity contribution in [3.05, 3.63) is 65.7 Å². The summed E-state index contributed by atoms with van der Waals surface area (Å²) in [7, 11) is 1.85. The van der Waals surface area contributed by atoms with Crippen LogP contribution in [0.1, 0.15) is 63.0 Å². The van der Waals surface area contributed by atoms with Gasteiger partial charge in [-0.05, 0) is 62.3 Å². The lowest BCUT2D eigenvalue weighted by Gasteiger charge is -2.31. The highest BCUT2D eigenvalue weighted by Gasteiger charge is 2.41. The first-order valence-corrected chi connectivity index (χ1v) is 27.8. The first-order chi connectivity index (χ1) is 37.9. The maximum atomic E-state index is 14.8. The summed E-state index contributed by atoms with van der Waals surface area (Å²) in [6.07, 6.45) is -1.72. The number of carbonyl (C=O) groups is 12. The third kappa shape index (κ3) is 21.6. The van der Waals surface area contributed by atoms with Crippen LogP contribution in [0.25, 0.3) is 0 Å². The number of carbonyl (C=O) groups excluding carboxylic acids is 12. The number of hydrogen-bond donors (Lipinski definition) is 15. The molecule has 0 unspecified atom stereocenters. The minimum atomic E-state index is -1.84. The molecular weight excluding hydrogens is 1080 g/mol. The second-order valence-electron chi connectivity index (χ2n) is 18.8. The van der Waals surface area contributed by atoms with Crippen LogP contribution in [0.5, 0.6) is 5.75 Å². The average Bonchev–Trinajstić information content (AvgIpc) is 3.90. The summed E-state index contributed by atoms with van der Waals surface area (Å²) in [6.45, 7) is 0.844. The molecule has 0 saturated carbocycles. The molecule has 31 heteroatoms. The third-order valence-corrected chi connectivity index (χ3v) is 14.8. The molecule has 2 aromatic carbocycles. The van der Waals surface area contributed by atoms with Crippen LogP contribution in [0.4, 0.5) is 0 Å². The molecule has 0 radical (unpaired) electrons. The maximum Gasteiger partial charge on any atom is 0.246 e. The molecule has 0 aliphatic carbocycles. The first kappa shape index (κ1) is 64.3. The summed E-state index contributed by atoms with van der Waals surface area (Å²) in [5, 5.41) is 30.3. The fraction of sp³-hybridized carbons (Fsp3) is 0.490. The van der Waals surface area contributed by atoms with Crippen molar-refractivity contribution in [3.8, 4) is 5.75 Å². The Hall–Kier alpha value is -8.19. The van der Waals surface area contributed by atoms with E-state index in [2.05, 4.69) is 47.5 Å². The lowest BCUT2D eigenvalue weighted by Crippen LogP contribution is -2.61. The summed E-state index contributed by atoms with van der Waals surface area (Å²) in [5.41, 5.74) is 33.9. The van der Waals surface area contributed by atoms with Gasteiger partial charge in [0.25, 0.3) is 0 Å². The largest absolute Gasteiger partial charge is 0.508 e. The summed E-state index contributed by atoms with van der Waals surface area (Å²) in [6, 6.07) is 0.888. The van der Waals surface area contributed by atoms with Gasteiger partial charge in [0.05, 0.1) is 19.0 Å². The van der Waals surface area contributed by atoms with Crippen molar-refractivity contribution < 1.29 is 62.6 Å². The Labute approximate surface area is 467 Å². The van der Waals surface area contributed by atoms with E-state index in [-0.39, 0.29) is 74.8 Å². The van der Waals surface area contributed by atoms with Gasteiger partial charge in [-0.15, -0.1) is 0 Å². The van der Waals surface area contributed by atoms with E-state index in [0.29, 0.717) is 11.1 Å². The predicted molar refractivity (Wildman–Crippen MR) is 293 cm³/mol. The van der Waals surface area contributed by atoms with E-state index in [0.717, 1.165) is 26.5 Å². The van der Waals surface area contributed by atoms with Crippen LogP contribution in [-0.4, -0.2) is 172 Å². The highest BCUT2D eigenvalue weighted by molar-refractivity contribution is 8.76. The van der Waals surface area contributed by atoms with Crippen LogP contribution in [-0.2, 0) is 70.4 Å². The van der Waals surface area contributed by atoms with Crippen molar-refractivity contribution in [1.82, 2.24) is 47.4 Å². The molecule has 21 N–H and O–H groups in total. The van der Waals surface area contributed by atoms with E-state index in [9.17, 15) is 62.6 Å². The van der Waals surface area contributed by atoms with Gasteiger partial charge in [-0.3, -0.25) is 62.5 Å². The number of likely N-dealkylation sites (tertiary alicyclic amines) is 1. The van der Waals surface area contributed by atoms with Crippen molar-refractivity contribution >= 4 is 98.4 Å². The summed E-state index contributed by atoms with van der Waals surface area (Å²) in [4.78, 5) is 168. The number of phenolic OH excluding ortho intramolecular Hbond substituents is 1. The molecule has 0 bridgehead atoms. The molecule has 2 aliphatic rings. The van der Waals surface area contributed by atoms with Crippen LogP contribution in [0, 0.1) is 0 Å². The molecule has 9 atom stereocenters. The number of nitrogens with two attached hydrogens (primary N) is 6. The molecule has 2 heterocycles. The molecule has 2 aromatic rings. The fourth-order valence-electron chi connectivity index (χ4n) is 8.20. The number of nitrogens with one attached hydrogen (secondary N) is 8. The average molecular weight is 1160 g/mol. The van der Waals surface area contributed by atoms with Gasteiger partial charge in [0.2, 0.25) is 70.9 Å². The number of amides is 12. The zero-order valence-electron chi connectivity index (χ0n) is 43.8. The number of benzene rings is 2. The number of phenols is 1. The maximum absolute atomic E-state index is 14.8. The lowest BCUT2D eigenvalue weighted by molar-refractivity contribution is -0.142. The summed E-state index contributed by atoms with van der Waals surface area (Å²) < 4.78 is 0. The van der Waals surface area contributed by atoms with E-state index in [1.165, 1.54) is 31.2 Å². The van der Waals surface area contributed by atoms with Gasteiger partial charge in [0, 0.05) is 43.9 Å². The molecular formula is C49H70N16O13S2. The summed E-state index contributed by atoms with van der Waals surface area (Å²) >= 11 is 0. The SMILES string of the molecule is C[C@H](N)C(=O)N[C@H]1CSSC[C@@H](C(=O)N2CCC[C@H]2C(=O)N[C@@H](CCCN=C(N)N)C(=O)NCC(N)=O)NC(=O)[C@H](CC(N)=O)NC(=O)[C@H](CCC(N)=O)NC(=O)[C@H](Cc2ccccc2)NC(=O)[C@H](Cc2ccc(O)cc2)NC1=O. The van der Waals surface area contributed by atoms with Gasteiger partial charge in [-0.2, -0.15) is 0 Å². The number of nitrogens with zero attached hydrogens (tertiary/aromatic N) is 2. The van der Waals surface area contributed by atoms with Crippen molar-refractivity contribution in [2.45, 2.75) is 119 Å². The monoisotopic (exact) mass is 1150 g/mol. The molecule has 0 spiro atoms. The molecule has 4 rings (SSSR count). The Morgan fingerprint density at radius 1 is 0.713 bits per heavy atom. The third-order valence-electron chi connectivity index (χ3n) is 12.3. The Morgan fingerprint density at radius 3 is 1.89 bits per heavy atom. The van der Waals surface area contributed by atoms with Gasteiger partial charge in [0.1, 0.15) is 54.1 Å². The van der Waals surface area contributed by atoms with E-state index >= 15 is 0 Å². The van der Waals surface area contributed by atoms with E-state index in [4.69, 9.17) is 34.4 Å². The van der Waals surface area contributed by atoms with Gasteiger partial charge in [-0.1, -0.05) is 64.1 Å². The zero-order valence-corrected chi connectivity index (χ0v) is 45.4. The number of aromatic hydroxyl groups is 1. The Balaban J connectivity index is 1.79. The van der Waals surface area contributed by atoms with E-state index in [1.54, 1.807) is 30.3 Å². The lowest BCUT2D eigenvalue weighted by atomic mass is 10.0. The van der Waals surface area contributed by atoms with Crippen molar-refractivity contribution in [2.24, 2.45) is 39.4 Å². The number of hydrogen-bond acceptors (Lipinski definition) is 17. The topological polar surface area (TPSA) is 493 Å². The molecule has 29 nitrogen and oxygen atoms in total.